The summed E-state index contributed by atoms with van der Waals surface area (Å²) >= 11 is 0. The summed E-state index contributed by atoms with van der Waals surface area (Å²) in [5.41, 5.74) is 2.60. The molecule has 9 heteroatoms. The summed E-state index contributed by atoms with van der Waals surface area (Å²) in [5.74, 6) is 3.73. The van der Waals surface area contributed by atoms with Crippen molar-refractivity contribution in [3.05, 3.63) is 46.4 Å². The van der Waals surface area contributed by atoms with Gasteiger partial charge in [-0.3, -0.25) is 9.36 Å². The number of benzene rings is 1. The van der Waals surface area contributed by atoms with Crippen molar-refractivity contribution in [1.29, 1.82) is 0 Å². The van der Waals surface area contributed by atoms with E-state index in [2.05, 4.69) is 44.1 Å². The Morgan fingerprint density at radius 2 is 1.94 bits per heavy atom. The zero-order chi connectivity index (χ0) is 22.8. The molecule has 170 valence electrons. The smallest absolute Gasteiger partial charge is 0.253 e. The van der Waals surface area contributed by atoms with E-state index >= 15 is 0 Å². The molecule has 1 fully saturated rings. The quantitative estimate of drug-likeness (QED) is 0.566. The van der Waals surface area contributed by atoms with E-state index in [0.29, 0.717) is 48.9 Å². The highest BCUT2D eigenvalue weighted by Crippen LogP contribution is 2.33. The van der Waals surface area contributed by atoms with E-state index in [4.69, 9.17) is 15.9 Å². The molecule has 2 aromatic heterocycles. The van der Waals surface area contributed by atoms with E-state index in [9.17, 15) is 4.79 Å². The van der Waals surface area contributed by atoms with Crippen LogP contribution in [-0.4, -0.2) is 72.5 Å². The number of hydrogen-bond donors (Lipinski definition) is 1. The second-order valence-corrected chi connectivity index (χ2v) is 8.18. The van der Waals surface area contributed by atoms with Crippen LogP contribution in [0.5, 0.6) is 5.75 Å². The highest BCUT2D eigenvalue weighted by Gasteiger charge is 2.19. The maximum atomic E-state index is 12.7. The van der Waals surface area contributed by atoms with Crippen molar-refractivity contribution in [2.75, 3.05) is 63.3 Å². The van der Waals surface area contributed by atoms with Crippen LogP contribution in [0.2, 0.25) is 0 Å². The largest absolute Gasteiger partial charge is 0.489 e. The molecule has 0 unspecified atom stereocenters. The zero-order valence-corrected chi connectivity index (χ0v) is 18.6. The fraction of sp³-hybridized carbons (Fsp3) is 0.375. The average Bonchev–Trinajstić information content (AvgIpc) is 2.82. The van der Waals surface area contributed by atoms with Gasteiger partial charge in [0, 0.05) is 55.8 Å². The minimum Gasteiger partial charge on any atom is -0.489 e. The molecular weight excluding hydrogens is 420 g/mol. The predicted octanol–water partition coefficient (Wildman–Crippen LogP) is 1.68. The molecule has 0 atom stereocenters. The summed E-state index contributed by atoms with van der Waals surface area (Å²) in [5, 5.41) is 3.91. The summed E-state index contributed by atoms with van der Waals surface area (Å²) < 4.78 is 13.4. The van der Waals surface area contributed by atoms with Gasteiger partial charge in [0.2, 0.25) is 5.95 Å². The first kappa shape index (κ1) is 21.2. The third-order valence-corrected chi connectivity index (χ3v) is 6.01. The Kier molecular flexibility index (Phi) is 5.86. The lowest BCUT2D eigenvalue weighted by atomic mass is 10.2. The van der Waals surface area contributed by atoms with E-state index in [1.165, 1.54) is 6.07 Å². The van der Waals surface area contributed by atoms with Crippen molar-refractivity contribution in [2.45, 2.75) is 6.54 Å². The number of piperazine rings is 1. The molecule has 2 aliphatic heterocycles. The molecule has 3 aromatic rings. The van der Waals surface area contributed by atoms with Crippen molar-refractivity contribution in [1.82, 2.24) is 19.4 Å². The Labute approximate surface area is 191 Å². The normalized spacial score (nSPS) is 17.2. The van der Waals surface area contributed by atoms with Gasteiger partial charge in [-0.2, -0.15) is 4.98 Å². The molecule has 0 radical (unpaired) electrons. The highest BCUT2D eigenvalue weighted by atomic mass is 16.5. The van der Waals surface area contributed by atoms with Crippen LogP contribution in [0.3, 0.4) is 0 Å². The van der Waals surface area contributed by atoms with E-state index in [-0.39, 0.29) is 5.56 Å². The van der Waals surface area contributed by atoms with E-state index in [1.54, 1.807) is 10.8 Å². The summed E-state index contributed by atoms with van der Waals surface area (Å²) in [4.78, 5) is 26.4. The molecule has 1 N–H and O–H groups in total. The van der Waals surface area contributed by atoms with Crippen molar-refractivity contribution < 1.29 is 9.47 Å². The summed E-state index contributed by atoms with van der Waals surface area (Å²) in [6.45, 7) is 5.43. The van der Waals surface area contributed by atoms with Crippen molar-refractivity contribution >= 4 is 28.4 Å². The number of likely N-dealkylation sites (N-methyl/N-ethyl adjacent to an activating group) is 1. The standard InChI is InChI=1S/C24H26N6O3/c1-3-17-14-22(31)30-10-11-32-12-13-33-21-15-18(26-24-25-16-19(17)23(30)27-24)4-5-20(21)29-8-6-28(2)7-9-29/h1,4-5,14-16H,6-13H2,2H3,(H,25,26,27). The van der Waals surface area contributed by atoms with Crippen LogP contribution < -0.4 is 20.5 Å². The number of nitrogens with one attached hydrogen (secondary N) is 1. The molecule has 0 saturated carbocycles. The number of terminal acetylenes is 1. The molecule has 0 aliphatic carbocycles. The Hall–Kier alpha value is -3.61. The van der Waals surface area contributed by atoms with Crippen LogP contribution >= 0.6 is 0 Å². The predicted molar refractivity (Wildman–Crippen MR) is 127 cm³/mol. The van der Waals surface area contributed by atoms with Crippen LogP contribution in [0.15, 0.2) is 35.3 Å². The van der Waals surface area contributed by atoms with Gasteiger partial charge in [0.25, 0.3) is 5.56 Å². The maximum absolute atomic E-state index is 12.7. The topological polar surface area (TPSA) is 84.8 Å². The molecule has 33 heavy (non-hydrogen) atoms. The van der Waals surface area contributed by atoms with Crippen LogP contribution in [0.4, 0.5) is 17.3 Å². The molecule has 9 nitrogen and oxygen atoms in total. The third kappa shape index (κ3) is 4.35. The second-order valence-electron chi connectivity index (χ2n) is 8.18. The van der Waals surface area contributed by atoms with Crippen molar-refractivity contribution in [2.24, 2.45) is 0 Å². The minimum atomic E-state index is -0.217. The number of rotatable bonds is 1. The van der Waals surface area contributed by atoms with Gasteiger partial charge >= 0.3 is 0 Å². The number of fused-ring (bicyclic) bond motifs is 3. The Balaban J connectivity index is 1.54. The Morgan fingerprint density at radius 1 is 1.09 bits per heavy atom. The summed E-state index contributed by atoms with van der Waals surface area (Å²) in [6.07, 6.45) is 7.26. The van der Waals surface area contributed by atoms with Gasteiger partial charge in [-0.1, -0.05) is 5.92 Å². The molecule has 2 aliphatic rings. The van der Waals surface area contributed by atoms with Crippen molar-refractivity contribution in [3.63, 3.8) is 0 Å². The SMILES string of the molecule is C#Cc1cc(=O)n2c3nc(ncc13)Nc1ccc(N3CCN(C)CC3)c(c1)OCCOCC2. The van der Waals surface area contributed by atoms with Gasteiger partial charge in [0.15, 0.2) is 0 Å². The lowest BCUT2D eigenvalue weighted by molar-refractivity contribution is 0.0945. The number of ether oxygens (including phenoxy) is 2. The number of aromatic nitrogens is 3. The molecular formula is C24H26N6O3. The molecule has 4 heterocycles. The van der Waals surface area contributed by atoms with E-state index in [0.717, 1.165) is 43.3 Å². The van der Waals surface area contributed by atoms with Crippen molar-refractivity contribution in [3.8, 4) is 18.1 Å². The molecule has 0 amide bonds. The Morgan fingerprint density at radius 3 is 2.76 bits per heavy atom. The van der Waals surface area contributed by atoms with Gasteiger partial charge in [-0.15, -0.1) is 6.42 Å². The van der Waals surface area contributed by atoms with Crippen LogP contribution in [0, 0.1) is 12.3 Å². The van der Waals surface area contributed by atoms with E-state index in [1.807, 2.05) is 12.1 Å². The molecule has 5 rings (SSSR count). The number of hydrogen-bond acceptors (Lipinski definition) is 8. The summed E-state index contributed by atoms with van der Waals surface area (Å²) in [7, 11) is 2.14. The highest BCUT2D eigenvalue weighted by molar-refractivity contribution is 5.82. The first-order valence-electron chi connectivity index (χ1n) is 11.0. The first-order valence-corrected chi connectivity index (χ1v) is 11.0. The number of anilines is 3. The fourth-order valence-corrected chi connectivity index (χ4v) is 4.16. The fourth-order valence-electron chi connectivity index (χ4n) is 4.16. The van der Waals surface area contributed by atoms with E-state index < -0.39 is 0 Å². The molecule has 0 spiro atoms. The van der Waals surface area contributed by atoms with Crippen LogP contribution in [-0.2, 0) is 11.3 Å². The van der Waals surface area contributed by atoms with Gasteiger partial charge in [0.1, 0.15) is 18.0 Å². The first-order chi connectivity index (χ1) is 16.1. The van der Waals surface area contributed by atoms with Gasteiger partial charge in [-0.25, -0.2) is 4.98 Å². The lowest BCUT2D eigenvalue weighted by Crippen LogP contribution is -2.44. The van der Waals surface area contributed by atoms with Gasteiger partial charge in [-0.05, 0) is 19.2 Å². The monoisotopic (exact) mass is 446 g/mol. The minimum absolute atomic E-state index is 0.217. The summed E-state index contributed by atoms with van der Waals surface area (Å²) in [6, 6.07) is 7.44. The van der Waals surface area contributed by atoms with Crippen LogP contribution in [0.1, 0.15) is 5.56 Å². The lowest BCUT2D eigenvalue weighted by Gasteiger charge is -2.35. The van der Waals surface area contributed by atoms with Crippen LogP contribution in [0.25, 0.3) is 11.0 Å². The molecule has 4 bridgehead atoms. The zero-order valence-electron chi connectivity index (χ0n) is 18.6. The molecule has 1 aromatic carbocycles. The van der Waals surface area contributed by atoms with Gasteiger partial charge in [0.05, 0.1) is 30.8 Å². The van der Waals surface area contributed by atoms with Gasteiger partial charge < -0.3 is 24.6 Å². The molecule has 1 saturated heterocycles. The second kappa shape index (κ2) is 9.10. The number of nitrogens with zero attached hydrogens (tertiary/aromatic N) is 5. The third-order valence-electron chi connectivity index (χ3n) is 6.01. The Bertz CT molecular complexity index is 1270. The average molecular weight is 447 g/mol. The number of pyridine rings is 1. The maximum Gasteiger partial charge on any atom is 0.253 e.